The molecular formula is C9H23NO5SSi. The topological polar surface area (TPSA) is 80.0 Å². The first-order valence-electron chi connectivity index (χ1n) is 5.20. The summed E-state index contributed by atoms with van der Waals surface area (Å²) in [7, 11) is 2.58. The fourth-order valence-electron chi connectivity index (χ4n) is 0.994. The number of carbonyl (C=O) groups excluding carboxylic acids is 1. The number of thiol groups is 1. The van der Waals surface area contributed by atoms with E-state index >= 15 is 0 Å². The number of hydrogen-bond acceptors (Lipinski definition) is 6. The molecule has 0 saturated carbocycles. The first-order valence-corrected chi connectivity index (χ1v) is 7.76. The molecule has 17 heavy (non-hydrogen) atoms. The lowest BCUT2D eigenvalue weighted by Gasteiger charge is -2.23. The van der Waals surface area contributed by atoms with Crippen LogP contribution in [-0.2, 0) is 18.0 Å². The minimum absolute atomic E-state index is 0.356. The molecule has 0 unspecified atom stereocenters. The number of primary amides is 1. The van der Waals surface area contributed by atoms with Gasteiger partial charge in [-0.15, -0.1) is 0 Å². The maximum Gasteiger partial charge on any atom is 0.500 e. The van der Waals surface area contributed by atoms with E-state index in [4.69, 9.17) is 13.3 Å². The summed E-state index contributed by atoms with van der Waals surface area (Å²) in [5.74, 6) is 0.838. The predicted molar refractivity (Wildman–Crippen MR) is 71.3 cm³/mol. The van der Waals surface area contributed by atoms with Gasteiger partial charge in [-0.25, -0.2) is 4.79 Å². The first kappa shape index (κ1) is 19.1. The molecule has 2 N–H and O–H groups in total. The first-order chi connectivity index (χ1) is 8.01. The number of amides is 1. The van der Waals surface area contributed by atoms with Crippen LogP contribution in [0.3, 0.4) is 0 Å². The summed E-state index contributed by atoms with van der Waals surface area (Å²) in [6.07, 6.45) is 0.252. The molecular weight excluding hydrogens is 262 g/mol. The van der Waals surface area contributed by atoms with Crippen LogP contribution in [0.1, 0.15) is 13.3 Å². The standard InChI is InChI=1S/C6H16O3SSi.C3H7NO2/c1-7-11(8-2,9-3)6-4-5-10;1-2-6-3(4)5/h10H,4-6H2,1-3H3;2H2,1H3,(H2,4,5). The van der Waals surface area contributed by atoms with E-state index in [2.05, 4.69) is 23.1 Å². The van der Waals surface area contributed by atoms with Gasteiger partial charge in [-0.2, -0.15) is 12.6 Å². The fraction of sp³-hybridized carbons (Fsp3) is 0.889. The zero-order valence-electron chi connectivity index (χ0n) is 10.9. The van der Waals surface area contributed by atoms with Gasteiger partial charge in [0.15, 0.2) is 0 Å². The Bertz CT molecular complexity index is 184. The summed E-state index contributed by atoms with van der Waals surface area (Å²) >= 11 is 4.10. The molecule has 0 atom stereocenters. The summed E-state index contributed by atoms with van der Waals surface area (Å²) in [5.41, 5.74) is 4.54. The third-order valence-corrected chi connectivity index (χ3v) is 5.01. The average molecular weight is 285 g/mol. The molecule has 0 aromatic heterocycles. The van der Waals surface area contributed by atoms with Crippen molar-refractivity contribution in [3.8, 4) is 0 Å². The molecule has 0 aliphatic rings. The predicted octanol–water partition coefficient (Wildman–Crippen LogP) is 1.29. The second-order valence-electron chi connectivity index (χ2n) is 2.87. The minimum atomic E-state index is -2.29. The Morgan fingerprint density at radius 1 is 1.24 bits per heavy atom. The summed E-state index contributed by atoms with van der Waals surface area (Å²) in [6, 6.07) is 0.833. The van der Waals surface area contributed by atoms with Crippen molar-refractivity contribution in [3.05, 3.63) is 0 Å². The van der Waals surface area contributed by atoms with Crippen LogP contribution in [0.5, 0.6) is 0 Å². The number of ether oxygens (including phenoxy) is 1. The number of nitrogens with two attached hydrogens (primary N) is 1. The molecule has 0 aliphatic carbocycles. The smallest absolute Gasteiger partial charge is 0.450 e. The van der Waals surface area contributed by atoms with Crippen LogP contribution in [0.2, 0.25) is 6.04 Å². The lowest BCUT2D eigenvalue weighted by molar-refractivity contribution is 0.123. The molecule has 0 aliphatic heterocycles. The van der Waals surface area contributed by atoms with E-state index in [9.17, 15) is 4.79 Å². The van der Waals surface area contributed by atoms with E-state index in [1.165, 1.54) is 0 Å². The Balaban J connectivity index is 0. The molecule has 0 fully saturated rings. The second kappa shape index (κ2) is 12.2. The lowest BCUT2D eigenvalue weighted by atomic mass is 10.6. The SMILES string of the molecule is CCOC(N)=O.CO[Si](CCCS)(OC)OC. The van der Waals surface area contributed by atoms with Crippen LogP contribution >= 0.6 is 12.6 Å². The molecule has 6 nitrogen and oxygen atoms in total. The van der Waals surface area contributed by atoms with Crippen molar-refractivity contribution in [1.82, 2.24) is 0 Å². The zero-order valence-corrected chi connectivity index (χ0v) is 12.8. The van der Waals surface area contributed by atoms with Gasteiger partial charge < -0.3 is 23.7 Å². The van der Waals surface area contributed by atoms with Gasteiger partial charge >= 0.3 is 14.9 Å². The molecule has 0 saturated heterocycles. The molecule has 0 bridgehead atoms. The van der Waals surface area contributed by atoms with Crippen LogP contribution < -0.4 is 5.73 Å². The van der Waals surface area contributed by atoms with Crippen LogP contribution in [0.15, 0.2) is 0 Å². The van der Waals surface area contributed by atoms with Crippen molar-refractivity contribution in [2.75, 3.05) is 33.7 Å². The van der Waals surface area contributed by atoms with Gasteiger partial charge in [0.25, 0.3) is 0 Å². The summed E-state index contributed by atoms with van der Waals surface area (Å²) in [4.78, 5) is 9.60. The third kappa shape index (κ3) is 10.6. The highest BCUT2D eigenvalue weighted by molar-refractivity contribution is 7.80. The second-order valence-corrected chi connectivity index (χ2v) is 6.41. The largest absolute Gasteiger partial charge is 0.500 e. The third-order valence-electron chi connectivity index (χ3n) is 1.86. The minimum Gasteiger partial charge on any atom is -0.450 e. The van der Waals surface area contributed by atoms with Gasteiger partial charge in [-0.3, -0.25) is 0 Å². The number of carbonyl (C=O) groups is 1. The maximum atomic E-state index is 9.60. The number of hydrogen-bond donors (Lipinski definition) is 2. The summed E-state index contributed by atoms with van der Waals surface area (Å²) in [5, 5.41) is 0. The van der Waals surface area contributed by atoms with E-state index < -0.39 is 14.9 Å². The van der Waals surface area contributed by atoms with Crippen molar-refractivity contribution in [2.24, 2.45) is 5.73 Å². The summed E-state index contributed by atoms with van der Waals surface area (Å²) in [6.45, 7) is 2.06. The van der Waals surface area contributed by atoms with E-state index in [0.717, 1.165) is 18.2 Å². The quantitative estimate of drug-likeness (QED) is 0.544. The van der Waals surface area contributed by atoms with Gasteiger partial charge in [-0.05, 0) is 19.1 Å². The maximum absolute atomic E-state index is 9.60. The Morgan fingerprint density at radius 2 is 1.71 bits per heavy atom. The van der Waals surface area contributed by atoms with E-state index in [-0.39, 0.29) is 0 Å². The monoisotopic (exact) mass is 285 g/mol. The highest BCUT2D eigenvalue weighted by Gasteiger charge is 2.36. The van der Waals surface area contributed by atoms with Crippen LogP contribution in [0.25, 0.3) is 0 Å². The van der Waals surface area contributed by atoms with Crippen molar-refractivity contribution in [2.45, 2.75) is 19.4 Å². The molecule has 0 spiro atoms. The molecule has 0 rings (SSSR count). The Morgan fingerprint density at radius 3 is 1.88 bits per heavy atom. The fourth-order valence-corrected chi connectivity index (χ4v) is 3.17. The Labute approximate surface area is 110 Å². The highest BCUT2D eigenvalue weighted by Crippen LogP contribution is 2.14. The van der Waals surface area contributed by atoms with E-state index in [1.54, 1.807) is 28.3 Å². The van der Waals surface area contributed by atoms with E-state index in [1.807, 2.05) is 0 Å². The molecule has 8 heteroatoms. The van der Waals surface area contributed by atoms with Gasteiger partial charge in [0.05, 0.1) is 6.61 Å². The van der Waals surface area contributed by atoms with Crippen molar-refractivity contribution >= 4 is 27.5 Å². The molecule has 0 heterocycles. The molecule has 0 aromatic rings. The molecule has 104 valence electrons. The van der Waals surface area contributed by atoms with Crippen molar-refractivity contribution in [3.63, 3.8) is 0 Å². The Hall–Kier alpha value is -0.283. The van der Waals surface area contributed by atoms with Crippen LogP contribution in [0.4, 0.5) is 4.79 Å². The lowest BCUT2D eigenvalue weighted by Crippen LogP contribution is -2.42. The van der Waals surface area contributed by atoms with Crippen LogP contribution in [0, 0.1) is 0 Å². The van der Waals surface area contributed by atoms with Gasteiger partial charge in [-0.1, -0.05) is 0 Å². The molecule has 1 amide bonds. The Kier molecular flexibility index (Phi) is 13.7. The van der Waals surface area contributed by atoms with Crippen molar-refractivity contribution < 1.29 is 22.8 Å². The highest BCUT2D eigenvalue weighted by atomic mass is 32.1. The molecule has 0 radical (unpaired) electrons. The van der Waals surface area contributed by atoms with Gasteiger partial charge in [0.2, 0.25) is 0 Å². The van der Waals surface area contributed by atoms with Gasteiger partial charge in [0, 0.05) is 27.4 Å². The zero-order chi connectivity index (χ0) is 13.7. The van der Waals surface area contributed by atoms with Crippen molar-refractivity contribution in [1.29, 1.82) is 0 Å². The van der Waals surface area contributed by atoms with E-state index in [0.29, 0.717) is 6.61 Å². The summed E-state index contributed by atoms with van der Waals surface area (Å²) < 4.78 is 19.8. The molecule has 0 aromatic carbocycles. The normalized spacial score (nSPS) is 10.4. The average Bonchev–Trinajstić information content (AvgIpc) is 2.32. The van der Waals surface area contributed by atoms with Gasteiger partial charge in [0.1, 0.15) is 0 Å². The van der Waals surface area contributed by atoms with Crippen LogP contribution in [-0.4, -0.2) is 48.6 Å². The number of rotatable bonds is 7.